The minimum absolute atomic E-state index is 0.0696. The summed E-state index contributed by atoms with van der Waals surface area (Å²) in [5, 5.41) is 3.07. The zero-order valence-corrected chi connectivity index (χ0v) is 9.10. The van der Waals surface area contributed by atoms with Gasteiger partial charge in [0.05, 0.1) is 5.54 Å². The molecule has 0 aromatic carbocycles. The van der Waals surface area contributed by atoms with Crippen molar-refractivity contribution in [2.45, 2.75) is 57.5 Å². The maximum atomic E-state index is 11.7. The molecule has 2 aliphatic carbocycles. The van der Waals surface area contributed by atoms with Crippen LogP contribution >= 0.6 is 0 Å². The van der Waals surface area contributed by atoms with Crippen LogP contribution < -0.4 is 11.1 Å². The highest BCUT2D eigenvalue weighted by Crippen LogP contribution is 2.38. The maximum Gasteiger partial charge on any atom is 0.240 e. The second-order valence-electron chi connectivity index (χ2n) is 5.73. The number of hydrogen-bond acceptors (Lipinski definition) is 2. The molecule has 2 rings (SSSR count). The van der Waals surface area contributed by atoms with Crippen molar-refractivity contribution in [3.05, 3.63) is 0 Å². The third kappa shape index (κ3) is 1.92. The van der Waals surface area contributed by atoms with Crippen LogP contribution in [0.25, 0.3) is 0 Å². The van der Waals surface area contributed by atoms with Gasteiger partial charge in [-0.15, -0.1) is 0 Å². The number of carbonyl (C=O) groups excluding carboxylic acids is 1. The lowest BCUT2D eigenvalue weighted by molar-refractivity contribution is -0.123. The SMILES string of the molecule is CC1(C)CCC(NC(=O)C2(N)CC2)C1. The molecule has 0 heterocycles. The fourth-order valence-corrected chi connectivity index (χ4v) is 2.25. The number of nitrogens with two attached hydrogens (primary N) is 1. The topological polar surface area (TPSA) is 55.1 Å². The molecular weight excluding hydrogens is 176 g/mol. The molecule has 0 aromatic rings. The number of hydrogen-bond donors (Lipinski definition) is 2. The molecule has 3 N–H and O–H groups in total. The summed E-state index contributed by atoms with van der Waals surface area (Å²) in [5.41, 5.74) is 5.71. The van der Waals surface area contributed by atoms with Crippen LogP contribution in [0.3, 0.4) is 0 Å². The Morgan fingerprint density at radius 1 is 1.36 bits per heavy atom. The van der Waals surface area contributed by atoms with Gasteiger partial charge in [-0.3, -0.25) is 4.79 Å². The van der Waals surface area contributed by atoms with Gasteiger partial charge in [0.25, 0.3) is 0 Å². The molecule has 1 amide bonds. The molecule has 3 nitrogen and oxygen atoms in total. The molecule has 0 saturated heterocycles. The van der Waals surface area contributed by atoms with Crippen molar-refractivity contribution in [1.29, 1.82) is 0 Å². The van der Waals surface area contributed by atoms with Crippen molar-refractivity contribution in [1.82, 2.24) is 5.32 Å². The van der Waals surface area contributed by atoms with Crippen molar-refractivity contribution >= 4 is 5.91 Å². The van der Waals surface area contributed by atoms with E-state index in [1.165, 1.54) is 6.42 Å². The smallest absolute Gasteiger partial charge is 0.240 e. The Hall–Kier alpha value is -0.570. The van der Waals surface area contributed by atoms with E-state index in [0.29, 0.717) is 11.5 Å². The molecule has 3 heteroatoms. The van der Waals surface area contributed by atoms with Crippen LogP contribution in [0, 0.1) is 5.41 Å². The Labute approximate surface area is 85.4 Å². The molecule has 0 aliphatic heterocycles. The van der Waals surface area contributed by atoms with Gasteiger partial charge in [0.2, 0.25) is 5.91 Å². The van der Waals surface area contributed by atoms with Crippen LogP contribution in [0.2, 0.25) is 0 Å². The highest BCUT2D eigenvalue weighted by molar-refractivity contribution is 5.89. The van der Waals surface area contributed by atoms with Crippen LogP contribution in [0.15, 0.2) is 0 Å². The molecule has 14 heavy (non-hydrogen) atoms. The van der Waals surface area contributed by atoms with Gasteiger partial charge >= 0.3 is 0 Å². The molecule has 0 bridgehead atoms. The van der Waals surface area contributed by atoms with E-state index >= 15 is 0 Å². The van der Waals surface area contributed by atoms with Crippen molar-refractivity contribution in [2.24, 2.45) is 11.1 Å². The zero-order chi connectivity index (χ0) is 10.4. The molecule has 1 atom stereocenters. The Bertz CT molecular complexity index is 256. The van der Waals surface area contributed by atoms with E-state index in [2.05, 4.69) is 19.2 Å². The van der Waals surface area contributed by atoms with Crippen LogP contribution in [0.5, 0.6) is 0 Å². The van der Waals surface area contributed by atoms with Gasteiger partial charge in [-0.05, 0) is 37.5 Å². The minimum Gasteiger partial charge on any atom is -0.352 e. The first-order valence-electron chi connectivity index (χ1n) is 5.51. The van der Waals surface area contributed by atoms with Crippen molar-refractivity contribution < 1.29 is 4.79 Å². The summed E-state index contributed by atoms with van der Waals surface area (Å²) in [6, 6.07) is 0.360. The average molecular weight is 196 g/mol. The van der Waals surface area contributed by atoms with Gasteiger partial charge in [0.1, 0.15) is 0 Å². The molecule has 0 aromatic heterocycles. The summed E-state index contributed by atoms with van der Waals surface area (Å²) < 4.78 is 0. The molecule has 0 spiro atoms. The summed E-state index contributed by atoms with van der Waals surface area (Å²) in [6.07, 6.45) is 5.11. The summed E-state index contributed by atoms with van der Waals surface area (Å²) in [5.74, 6) is 0.0696. The zero-order valence-electron chi connectivity index (χ0n) is 9.10. The third-order valence-corrected chi connectivity index (χ3v) is 3.54. The molecule has 2 saturated carbocycles. The molecular formula is C11H20N2O. The Morgan fingerprint density at radius 3 is 2.43 bits per heavy atom. The lowest BCUT2D eigenvalue weighted by Crippen LogP contribution is -2.46. The van der Waals surface area contributed by atoms with Crippen molar-refractivity contribution in [3.8, 4) is 0 Å². The second kappa shape index (κ2) is 2.96. The molecule has 1 unspecified atom stereocenters. The van der Waals surface area contributed by atoms with Gasteiger partial charge in [0.15, 0.2) is 0 Å². The summed E-state index contributed by atoms with van der Waals surface area (Å²) in [4.78, 5) is 11.7. The van der Waals surface area contributed by atoms with Crippen LogP contribution in [0.1, 0.15) is 46.0 Å². The van der Waals surface area contributed by atoms with Gasteiger partial charge < -0.3 is 11.1 Å². The largest absolute Gasteiger partial charge is 0.352 e. The second-order valence-corrected chi connectivity index (χ2v) is 5.73. The van der Waals surface area contributed by atoms with Crippen LogP contribution in [-0.2, 0) is 4.79 Å². The lowest BCUT2D eigenvalue weighted by atomic mass is 9.92. The van der Waals surface area contributed by atoms with Crippen molar-refractivity contribution in [2.75, 3.05) is 0 Å². The van der Waals surface area contributed by atoms with E-state index in [4.69, 9.17) is 5.73 Å². The van der Waals surface area contributed by atoms with Crippen LogP contribution in [0.4, 0.5) is 0 Å². The summed E-state index contributed by atoms with van der Waals surface area (Å²) in [7, 11) is 0. The summed E-state index contributed by atoms with van der Waals surface area (Å²) in [6.45, 7) is 4.52. The fourth-order valence-electron chi connectivity index (χ4n) is 2.25. The summed E-state index contributed by atoms with van der Waals surface area (Å²) >= 11 is 0. The predicted molar refractivity (Wildman–Crippen MR) is 55.7 cm³/mol. The van der Waals surface area contributed by atoms with Crippen molar-refractivity contribution in [3.63, 3.8) is 0 Å². The highest BCUT2D eigenvalue weighted by Gasteiger charge is 2.47. The number of amides is 1. The molecule has 80 valence electrons. The van der Waals surface area contributed by atoms with Gasteiger partial charge in [-0.25, -0.2) is 0 Å². The number of rotatable bonds is 2. The van der Waals surface area contributed by atoms with E-state index < -0.39 is 5.54 Å². The average Bonchev–Trinajstić information content (AvgIpc) is 2.72. The predicted octanol–water partition coefficient (Wildman–Crippen LogP) is 1.17. The van der Waals surface area contributed by atoms with E-state index in [0.717, 1.165) is 25.7 Å². The highest BCUT2D eigenvalue weighted by atomic mass is 16.2. The van der Waals surface area contributed by atoms with Gasteiger partial charge in [0, 0.05) is 6.04 Å². The first-order chi connectivity index (χ1) is 6.41. The number of nitrogens with one attached hydrogen (secondary N) is 1. The Kier molecular flexibility index (Phi) is 2.11. The van der Waals surface area contributed by atoms with E-state index in [1.54, 1.807) is 0 Å². The van der Waals surface area contributed by atoms with Crippen LogP contribution in [-0.4, -0.2) is 17.5 Å². The minimum atomic E-state index is -0.507. The first-order valence-corrected chi connectivity index (χ1v) is 5.51. The van der Waals surface area contributed by atoms with E-state index in [1.807, 2.05) is 0 Å². The standard InChI is InChI=1S/C11H20N2O/c1-10(2)4-3-8(7-10)13-9(14)11(12)5-6-11/h8H,3-7,12H2,1-2H3,(H,13,14). The van der Waals surface area contributed by atoms with Gasteiger partial charge in [-0.1, -0.05) is 13.8 Å². The number of carbonyl (C=O) groups is 1. The first kappa shape index (κ1) is 9.97. The lowest BCUT2D eigenvalue weighted by Gasteiger charge is -2.19. The monoisotopic (exact) mass is 196 g/mol. The molecule has 2 fully saturated rings. The van der Waals surface area contributed by atoms with E-state index in [9.17, 15) is 4.79 Å². The fraction of sp³-hybridized carbons (Fsp3) is 0.909. The van der Waals surface area contributed by atoms with Gasteiger partial charge in [-0.2, -0.15) is 0 Å². The van der Waals surface area contributed by atoms with E-state index in [-0.39, 0.29) is 5.91 Å². The molecule has 2 aliphatic rings. The normalized spacial score (nSPS) is 32.6. The Balaban J connectivity index is 1.85. The Morgan fingerprint density at radius 2 is 2.00 bits per heavy atom. The third-order valence-electron chi connectivity index (χ3n) is 3.54. The maximum absolute atomic E-state index is 11.7. The molecule has 0 radical (unpaired) electrons. The quantitative estimate of drug-likeness (QED) is 0.696.